The van der Waals surface area contributed by atoms with E-state index in [0.29, 0.717) is 13.2 Å². The predicted octanol–water partition coefficient (Wildman–Crippen LogP) is 2.29. The van der Waals surface area contributed by atoms with E-state index in [0.717, 1.165) is 28.1 Å². The molecule has 0 aliphatic carbocycles. The number of anilines is 1. The Bertz CT molecular complexity index is 758. The molecular weight excluding hydrogens is 252 g/mol. The topological polar surface area (TPSA) is 51.1 Å². The van der Waals surface area contributed by atoms with Crippen molar-refractivity contribution in [3.05, 3.63) is 54.4 Å². The Labute approximate surface area is 115 Å². The summed E-state index contributed by atoms with van der Waals surface area (Å²) in [6.45, 7) is 1.16. The third-order valence-corrected chi connectivity index (χ3v) is 3.36. The Hall–Kier alpha value is -2.53. The van der Waals surface area contributed by atoms with Crippen molar-refractivity contribution in [2.24, 2.45) is 0 Å². The molecule has 0 fully saturated rings. The molecule has 4 heterocycles. The van der Waals surface area contributed by atoms with Crippen LogP contribution < -0.4 is 4.90 Å². The van der Waals surface area contributed by atoms with Gasteiger partial charge in [0, 0.05) is 18.1 Å². The van der Waals surface area contributed by atoms with Gasteiger partial charge < -0.3 is 9.64 Å². The van der Waals surface area contributed by atoms with Gasteiger partial charge in [0.05, 0.1) is 29.8 Å². The maximum Gasteiger partial charge on any atom is 0.150 e. The van der Waals surface area contributed by atoms with Crippen molar-refractivity contribution in [3.63, 3.8) is 0 Å². The molecule has 0 aromatic carbocycles. The zero-order valence-electron chi connectivity index (χ0n) is 10.7. The van der Waals surface area contributed by atoms with Crippen LogP contribution in [-0.4, -0.2) is 28.2 Å². The van der Waals surface area contributed by atoms with Crippen molar-refractivity contribution in [2.75, 3.05) is 18.1 Å². The van der Waals surface area contributed by atoms with E-state index in [-0.39, 0.29) is 0 Å². The maximum atomic E-state index is 5.55. The second-order valence-electron chi connectivity index (χ2n) is 4.57. The number of ether oxygens (including phenoxy) is 1. The highest BCUT2D eigenvalue weighted by Crippen LogP contribution is 2.31. The smallest absolute Gasteiger partial charge is 0.150 e. The van der Waals surface area contributed by atoms with Crippen molar-refractivity contribution >= 4 is 22.8 Å². The molecule has 20 heavy (non-hydrogen) atoms. The van der Waals surface area contributed by atoms with Crippen LogP contribution in [0.1, 0.15) is 5.69 Å². The minimum Gasteiger partial charge on any atom is -0.371 e. The molecule has 2 aliphatic heterocycles. The highest BCUT2D eigenvalue weighted by Gasteiger charge is 2.19. The molecule has 0 unspecified atom stereocenters. The minimum absolute atomic E-state index is 0.554. The van der Waals surface area contributed by atoms with E-state index in [4.69, 9.17) is 4.74 Å². The largest absolute Gasteiger partial charge is 0.371 e. The molecule has 0 bridgehead atoms. The number of aromatic nitrogens is 3. The fourth-order valence-corrected chi connectivity index (χ4v) is 2.45. The number of rotatable bonds is 0. The van der Waals surface area contributed by atoms with E-state index in [2.05, 4.69) is 15.0 Å². The summed E-state index contributed by atoms with van der Waals surface area (Å²) in [5.41, 5.74) is 2.82. The summed E-state index contributed by atoms with van der Waals surface area (Å²) in [7, 11) is 0. The number of hydrogen-bond donors (Lipinski definition) is 0. The highest BCUT2D eigenvalue weighted by molar-refractivity contribution is 5.96. The fraction of sp³-hybridized carbons (Fsp3) is 0.133. The number of fused-ring (bicyclic) bond motifs is 2. The lowest BCUT2D eigenvalue weighted by atomic mass is 10.1. The van der Waals surface area contributed by atoms with Crippen LogP contribution in [0.25, 0.3) is 17.0 Å². The van der Waals surface area contributed by atoms with E-state index in [1.165, 1.54) is 0 Å². The molecule has 0 spiro atoms. The van der Waals surface area contributed by atoms with Gasteiger partial charge in [0.15, 0.2) is 0 Å². The van der Waals surface area contributed by atoms with Crippen LogP contribution in [0.5, 0.6) is 0 Å². The van der Waals surface area contributed by atoms with Crippen LogP contribution in [0, 0.1) is 0 Å². The SMILES string of the molecule is C1=CN2/C(=C\C=C/c3nccc4ncnc2c34)COC1. The summed E-state index contributed by atoms with van der Waals surface area (Å²) in [4.78, 5) is 15.3. The Balaban J connectivity index is 2.06. The first kappa shape index (κ1) is 11.3. The Morgan fingerprint density at radius 1 is 1.20 bits per heavy atom. The molecule has 2 aliphatic rings. The van der Waals surface area contributed by atoms with Crippen LogP contribution in [0.15, 0.2) is 48.7 Å². The van der Waals surface area contributed by atoms with Gasteiger partial charge in [0.2, 0.25) is 0 Å². The lowest BCUT2D eigenvalue weighted by Crippen LogP contribution is -2.20. The second-order valence-corrected chi connectivity index (χ2v) is 4.57. The molecule has 2 aromatic rings. The summed E-state index contributed by atoms with van der Waals surface area (Å²) >= 11 is 0. The van der Waals surface area contributed by atoms with Crippen LogP contribution in [0.4, 0.5) is 5.82 Å². The van der Waals surface area contributed by atoms with E-state index in [1.807, 2.05) is 41.5 Å². The van der Waals surface area contributed by atoms with Gasteiger partial charge in [-0.05, 0) is 24.3 Å². The molecule has 5 heteroatoms. The van der Waals surface area contributed by atoms with E-state index in [9.17, 15) is 0 Å². The lowest BCUT2D eigenvalue weighted by molar-refractivity contribution is 0.189. The van der Waals surface area contributed by atoms with Gasteiger partial charge in [0.25, 0.3) is 0 Å². The molecule has 0 N–H and O–H groups in total. The molecule has 0 saturated heterocycles. The summed E-state index contributed by atoms with van der Waals surface area (Å²) in [5.74, 6) is 0.843. The normalized spacial score (nSPS) is 21.4. The zero-order chi connectivity index (χ0) is 13.4. The van der Waals surface area contributed by atoms with Gasteiger partial charge in [-0.3, -0.25) is 4.98 Å². The van der Waals surface area contributed by atoms with Gasteiger partial charge in [-0.1, -0.05) is 6.08 Å². The molecule has 0 saturated carbocycles. The Morgan fingerprint density at radius 2 is 2.20 bits per heavy atom. The van der Waals surface area contributed by atoms with Gasteiger partial charge >= 0.3 is 0 Å². The molecular formula is C15H12N4O. The molecule has 0 atom stereocenters. The Morgan fingerprint density at radius 3 is 3.20 bits per heavy atom. The van der Waals surface area contributed by atoms with Crippen molar-refractivity contribution in [1.82, 2.24) is 15.0 Å². The van der Waals surface area contributed by atoms with Gasteiger partial charge in [-0.25, -0.2) is 9.97 Å². The van der Waals surface area contributed by atoms with Gasteiger partial charge in [0.1, 0.15) is 12.1 Å². The third-order valence-electron chi connectivity index (χ3n) is 3.36. The molecule has 5 nitrogen and oxygen atoms in total. The monoisotopic (exact) mass is 264 g/mol. The average molecular weight is 264 g/mol. The number of allylic oxidation sites excluding steroid dienone is 2. The first-order valence-corrected chi connectivity index (χ1v) is 6.44. The zero-order valence-corrected chi connectivity index (χ0v) is 10.7. The summed E-state index contributed by atoms with van der Waals surface area (Å²) in [6.07, 6.45) is 13.3. The van der Waals surface area contributed by atoms with Crippen molar-refractivity contribution in [1.29, 1.82) is 0 Å². The van der Waals surface area contributed by atoms with Crippen molar-refractivity contribution in [3.8, 4) is 0 Å². The fourth-order valence-electron chi connectivity index (χ4n) is 2.45. The standard InChI is InChI=1S/C15H12N4O/c1-3-11-9-20-8-2-7-19(11)15-14-12(4-1)16-6-5-13(14)17-10-18-15/h1-7,10H,8-9H2/b4-1-,11-3-. The van der Waals surface area contributed by atoms with Gasteiger partial charge in [-0.15, -0.1) is 0 Å². The van der Waals surface area contributed by atoms with E-state index >= 15 is 0 Å². The quantitative estimate of drug-likeness (QED) is 0.730. The van der Waals surface area contributed by atoms with Crippen molar-refractivity contribution in [2.45, 2.75) is 0 Å². The van der Waals surface area contributed by atoms with Crippen LogP contribution in [-0.2, 0) is 4.74 Å². The number of hydrogen-bond acceptors (Lipinski definition) is 5. The molecule has 0 amide bonds. The summed E-state index contributed by atoms with van der Waals surface area (Å²) in [6, 6.07) is 1.90. The third kappa shape index (κ3) is 1.71. The lowest BCUT2D eigenvalue weighted by Gasteiger charge is -2.23. The average Bonchev–Trinajstić information content (AvgIpc) is 2.70. The summed E-state index contributed by atoms with van der Waals surface area (Å²) in [5, 5.41) is 0.961. The van der Waals surface area contributed by atoms with E-state index in [1.54, 1.807) is 12.5 Å². The molecule has 4 rings (SSSR count). The molecule has 0 radical (unpaired) electrons. The molecule has 98 valence electrons. The summed E-state index contributed by atoms with van der Waals surface area (Å²) < 4.78 is 5.55. The minimum atomic E-state index is 0.554. The second kappa shape index (κ2) is 4.54. The van der Waals surface area contributed by atoms with Crippen LogP contribution >= 0.6 is 0 Å². The van der Waals surface area contributed by atoms with Gasteiger partial charge in [-0.2, -0.15) is 0 Å². The number of pyridine rings is 1. The predicted molar refractivity (Wildman–Crippen MR) is 76.9 cm³/mol. The maximum absolute atomic E-state index is 5.55. The molecule has 2 aromatic heterocycles. The van der Waals surface area contributed by atoms with Crippen LogP contribution in [0.3, 0.4) is 0 Å². The first-order chi connectivity index (χ1) is 9.93. The highest BCUT2D eigenvalue weighted by atomic mass is 16.5. The van der Waals surface area contributed by atoms with Crippen molar-refractivity contribution < 1.29 is 4.74 Å². The first-order valence-electron chi connectivity index (χ1n) is 6.44. The number of nitrogens with zero attached hydrogens (tertiary/aromatic N) is 4. The Kier molecular flexibility index (Phi) is 2.57. The van der Waals surface area contributed by atoms with Crippen LogP contribution in [0.2, 0.25) is 0 Å². The van der Waals surface area contributed by atoms with E-state index < -0.39 is 0 Å².